The van der Waals surface area contributed by atoms with Gasteiger partial charge in [-0.15, -0.1) is 0 Å². The maximum absolute atomic E-state index is 13.6. The normalized spacial score (nSPS) is 12.4. The second kappa shape index (κ2) is 8.85. The fourth-order valence-electron chi connectivity index (χ4n) is 3.38. The summed E-state index contributed by atoms with van der Waals surface area (Å²) < 4.78 is 33.7. The molecule has 4 aromatic rings. The lowest BCUT2D eigenvalue weighted by Gasteiger charge is -2.15. The molecule has 0 aliphatic heterocycles. The highest BCUT2D eigenvalue weighted by Crippen LogP contribution is 2.29. The smallest absolute Gasteiger partial charge is 0.320 e. The van der Waals surface area contributed by atoms with E-state index in [1.807, 2.05) is 18.2 Å². The zero-order valence-corrected chi connectivity index (χ0v) is 17.3. The largest absolute Gasteiger partial charge is 0.441 e. The molecule has 1 amide bonds. The number of carbonyl (C=O) groups excluding carboxylic acids is 1. The molecule has 2 aromatic carbocycles. The standard InChI is InChI=1S/C22H19ClF2N4O2/c1-13(21-28-16-8-4-5-9-17(16)29(21)22(24)25)27-19(30)10-11-20-26-12-18(31-20)14-6-2-3-7-15(14)23/h2-9,12-13,22H,10-11H2,1H3,(H,27,30). The van der Waals surface area contributed by atoms with E-state index in [1.165, 1.54) is 0 Å². The summed E-state index contributed by atoms with van der Waals surface area (Å²) in [5.41, 5.74) is 1.48. The van der Waals surface area contributed by atoms with Gasteiger partial charge >= 0.3 is 6.55 Å². The second-order valence-electron chi connectivity index (χ2n) is 6.99. The number of rotatable bonds is 7. The van der Waals surface area contributed by atoms with Gasteiger partial charge in [0.25, 0.3) is 0 Å². The molecule has 0 saturated carbocycles. The summed E-state index contributed by atoms with van der Waals surface area (Å²) in [6.45, 7) is -1.14. The lowest BCUT2D eigenvalue weighted by Crippen LogP contribution is -2.29. The third-order valence-electron chi connectivity index (χ3n) is 4.84. The number of benzene rings is 2. The van der Waals surface area contributed by atoms with E-state index in [-0.39, 0.29) is 24.6 Å². The quantitative estimate of drug-likeness (QED) is 0.405. The Hall–Kier alpha value is -3.26. The fourth-order valence-corrected chi connectivity index (χ4v) is 3.61. The first-order valence-corrected chi connectivity index (χ1v) is 10.1. The van der Waals surface area contributed by atoms with Crippen LogP contribution in [0.5, 0.6) is 0 Å². The first-order valence-electron chi connectivity index (χ1n) is 9.68. The Morgan fingerprint density at radius 3 is 2.71 bits per heavy atom. The number of aromatic nitrogens is 3. The molecule has 0 saturated heterocycles. The third kappa shape index (κ3) is 4.44. The van der Waals surface area contributed by atoms with E-state index in [4.69, 9.17) is 16.0 Å². The highest BCUT2D eigenvalue weighted by molar-refractivity contribution is 6.33. The number of fused-ring (bicyclic) bond motifs is 1. The number of amides is 1. The van der Waals surface area contributed by atoms with Gasteiger partial charge in [-0.1, -0.05) is 35.9 Å². The first-order chi connectivity index (χ1) is 14.9. The Bertz CT molecular complexity index is 1220. The summed E-state index contributed by atoms with van der Waals surface area (Å²) in [6.07, 6.45) is 1.90. The zero-order chi connectivity index (χ0) is 22.0. The Morgan fingerprint density at radius 1 is 1.19 bits per heavy atom. The van der Waals surface area contributed by atoms with Crippen LogP contribution in [-0.4, -0.2) is 20.4 Å². The van der Waals surface area contributed by atoms with Crippen molar-refractivity contribution >= 4 is 28.5 Å². The topological polar surface area (TPSA) is 73.0 Å². The Balaban J connectivity index is 1.41. The fraction of sp³-hybridized carbons (Fsp3) is 0.227. The molecule has 6 nitrogen and oxygen atoms in total. The summed E-state index contributed by atoms with van der Waals surface area (Å²) in [5.74, 6) is 0.678. The molecule has 1 atom stereocenters. The number of alkyl halides is 2. The van der Waals surface area contributed by atoms with Crippen molar-refractivity contribution in [3.63, 3.8) is 0 Å². The van der Waals surface area contributed by atoms with Crippen LogP contribution in [-0.2, 0) is 11.2 Å². The zero-order valence-electron chi connectivity index (χ0n) is 16.6. The molecule has 160 valence electrons. The minimum atomic E-state index is -2.77. The van der Waals surface area contributed by atoms with E-state index in [0.29, 0.717) is 33.3 Å². The molecule has 1 N–H and O–H groups in total. The van der Waals surface area contributed by atoms with Crippen LogP contribution in [0.2, 0.25) is 5.02 Å². The molecule has 0 aliphatic carbocycles. The molecule has 0 bridgehead atoms. The summed E-state index contributed by atoms with van der Waals surface area (Å²) in [7, 11) is 0. The van der Waals surface area contributed by atoms with E-state index < -0.39 is 12.6 Å². The van der Waals surface area contributed by atoms with Crippen molar-refractivity contribution in [3.8, 4) is 11.3 Å². The van der Waals surface area contributed by atoms with Gasteiger partial charge in [-0.25, -0.2) is 9.97 Å². The van der Waals surface area contributed by atoms with E-state index in [2.05, 4.69) is 15.3 Å². The first kappa shape index (κ1) is 21.0. The van der Waals surface area contributed by atoms with Crippen LogP contribution in [0.1, 0.15) is 37.7 Å². The van der Waals surface area contributed by atoms with Crippen LogP contribution >= 0.6 is 11.6 Å². The lowest BCUT2D eigenvalue weighted by molar-refractivity contribution is -0.121. The monoisotopic (exact) mass is 444 g/mol. The number of halogens is 3. The summed E-state index contributed by atoms with van der Waals surface area (Å²) >= 11 is 6.16. The molecule has 31 heavy (non-hydrogen) atoms. The number of aryl methyl sites for hydroxylation is 1. The van der Waals surface area contributed by atoms with Crippen molar-refractivity contribution in [2.24, 2.45) is 0 Å². The Labute approximate surface area is 181 Å². The second-order valence-corrected chi connectivity index (χ2v) is 7.40. The van der Waals surface area contributed by atoms with Crippen LogP contribution in [0.3, 0.4) is 0 Å². The highest BCUT2D eigenvalue weighted by Gasteiger charge is 2.23. The summed E-state index contributed by atoms with van der Waals surface area (Å²) in [4.78, 5) is 20.9. The number of oxazole rings is 1. The van der Waals surface area contributed by atoms with Crippen LogP contribution < -0.4 is 5.32 Å². The Kier molecular flexibility index (Phi) is 5.99. The molecule has 0 aliphatic rings. The average Bonchev–Trinajstić information content (AvgIpc) is 3.37. The summed E-state index contributed by atoms with van der Waals surface area (Å²) in [5, 5.41) is 3.26. The summed E-state index contributed by atoms with van der Waals surface area (Å²) in [6, 6.07) is 13.2. The number of nitrogens with zero attached hydrogens (tertiary/aromatic N) is 3. The number of nitrogens with one attached hydrogen (secondary N) is 1. The van der Waals surface area contributed by atoms with E-state index >= 15 is 0 Å². The Morgan fingerprint density at radius 2 is 1.94 bits per heavy atom. The van der Waals surface area contributed by atoms with Gasteiger partial charge < -0.3 is 9.73 Å². The SMILES string of the molecule is CC(NC(=O)CCc1ncc(-c2ccccc2Cl)o1)c1nc2ccccc2n1C(F)F. The third-order valence-corrected chi connectivity index (χ3v) is 5.17. The molecular formula is C22H19ClF2N4O2. The van der Waals surface area contributed by atoms with E-state index in [9.17, 15) is 13.6 Å². The van der Waals surface area contributed by atoms with Crippen molar-refractivity contribution < 1.29 is 18.0 Å². The molecule has 0 spiro atoms. The van der Waals surface area contributed by atoms with Gasteiger partial charge in [0.15, 0.2) is 11.7 Å². The number of hydrogen-bond donors (Lipinski definition) is 1. The maximum Gasteiger partial charge on any atom is 0.320 e. The predicted octanol–water partition coefficient (Wildman–Crippen LogP) is 5.55. The van der Waals surface area contributed by atoms with E-state index in [1.54, 1.807) is 43.5 Å². The minimum Gasteiger partial charge on any atom is -0.441 e. The molecule has 2 aromatic heterocycles. The van der Waals surface area contributed by atoms with Gasteiger partial charge in [0.05, 0.1) is 28.3 Å². The lowest BCUT2D eigenvalue weighted by atomic mass is 10.2. The van der Waals surface area contributed by atoms with Crippen molar-refractivity contribution in [3.05, 3.63) is 71.5 Å². The van der Waals surface area contributed by atoms with Gasteiger partial charge in [0.1, 0.15) is 5.82 Å². The molecule has 1 unspecified atom stereocenters. The van der Waals surface area contributed by atoms with Crippen molar-refractivity contribution in [1.29, 1.82) is 0 Å². The van der Waals surface area contributed by atoms with Gasteiger partial charge in [-0.05, 0) is 31.2 Å². The predicted molar refractivity (Wildman–Crippen MR) is 113 cm³/mol. The van der Waals surface area contributed by atoms with Crippen molar-refractivity contribution in [2.45, 2.75) is 32.4 Å². The van der Waals surface area contributed by atoms with Crippen molar-refractivity contribution in [2.75, 3.05) is 0 Å². The van der Waals surface area contributed by atoms with Gasteiger partial charge in [-0.2, -0.15) is 8.78 Å². The van der Waals surface area contributed by atoms with Gasteiger partial charge in [-0.3, -0.25) is 9.36 Å². The molecule has 2 heterocycles. The number of imidazole rings is 1. The van der Waals surface area contributed by atoms with Crippen LogP contribution in [0.15, 0.2) is 59.1 Å². The number of carbonyl (C=O) groups is 1. The van der Waals surface area contributed by atoms with Crippen molar-refractivity contribution in [1.82, 2.24) is 19.9 Å². The molecule has 0 radical (unpaired) electrons. The average molecular weight is 445 g/mol. The highest BCUT2D eigenvalue weighted by atomic mass is 35.5. The van der Waals surface area contributed by atoms with Gasteiger partial charge in [0, 0.05) is 18.4 Å². The number of hydrogen-bond acceptors (Lipinski definition) is 4. The molecular weight excluding hydrogens is 426 g/mol. The van der Waals surface area contributed by atoms with Crippen LogP contribution in [0, 0.1) is 0 Å². The molecule has 9 heteroatoms. The maximum atomic E-state index is 13.6. The van der Waals surface area contributed by atoms with Crippen LogP contribution in [0.4, 0.5) is 8.78 Å². The van der Waals surface area contributed by atoms with Crippen LogP contribution in [0.25, 0.3) is 22.4 Å². The molecule has 4 rings (SSSR count). The van der Waals surface area contributed by atoms with Gasteiger partial charge in [0.2, 0.25) is 5.91 Å². The molecule has 0 fully saturated rings. The number of para-hydroxylation sites is 2. The van der Waals surface area contributed by atoms with E-state index in [0.717, 1.165) is 4.57 Å². The minimum absolute atomic E-state index is 0.0850.